The van der Waals surface area contributed by atoms with Crippen molar-refractivity contribution in [2.24, 2.45) is 0 Å². The number of hydrogen-bond acceptors (Lipinski definition) is 3. The van der Waals surface area contributed by atoms with Gasteiger partial charge < -0.3 is 10.3 Å². The molecule has 0 saturated carbocycles. The number of alkyl halides is 3. The Bertz CT molecular complexity index is 1230. The minimum absolute atomic E-state index is 0. The lowest BCUT2D eigenvalue weighted by atomic mass is 9.87. The van der Waals surface area contributed by atoms with E-state index in [9.17, 15) is 13.2 Å². The Balaban J connectivity index is 0.00000289. The van der Waals surface area contributed by atoms with E-state index in [1.54, 1.807) is 18.2 Å². The molecule has 32 heavy (non-hydrogen) atoms. The Morgan fingerprint density at radius 3 is 2.22 bits per heavy atom. The fourth-order valence-electron chi connectivity index (χ4n) is 3.30. The Labute approximate surface area is 190 Å². The van der Waals surface area contributed by atoms with Crippen LogP contribution in [0.5, 0.6) is 0 Å². The fourth-order valence-corrected chi connectivity index (χ4v) is 3.30. The highest BCUT2D eigenvalue weighted by Gasteiger charge is 2.34. The molecular weight excluding hydrogens is 437 g/mol. The summed E-state index contributed by atoms with van der Waals surface area (Å²) in [5.41, 5.74) is 1.88. The minimum Gasteiger partial charge on any atom is -0.436 e. The van der Waals surface area contributed by atoms with Crippen molar-refractivity contribution in [1.29, 1.82) is 0 Å². The van der Waals surface area contributed by atoms with Crippen LogP contribution in [-0.4, -0.2) is 15.0 Å². The summed E-state index contributed by atoms with van der Waals surface area (Å²) >= 11 is 0. The van der Waals surface area contributed by atoms with Gasteiger partial charge in [-0.25, -0.2) is 0 Å². The average molecular weight is 458 g/mol. The highest BCUT2D eigenvalue weighted by atomic mass is 35.5. The Hall–Kier alpha value is -3.19. The summed E-state index contributed by atoms with van der Waals surface area (Å²) in [7, 11) is 0. The highest BCUT2D eigenvalue weighted by Crippen LogP contribution is 2.38. The average Bonchev–Trinajstić information content (AvgIpc) is 2.73. The van der Waals surface area contributed by atoms with E-state index in [1.807, 2.05) is 24.3 Å². The van der Waals surface area contributed by atoms with Gasteiger partial charge >= 0.3 is 6.18 Å². The number of nitrogens with zero attached hydrogens (tertiary/aromatic N) is 4. The number of benzene rings is 2. The van der Waals surface area contributed by atoms with E-state index in [2.05, 4.69) is 41.0 Å². The normalized spacial score (nSPS) is 11.8. The molecule has 0 fully saturated rings. The number of fused-ring (bicyclic) bond motifs is 1. The first-order valence-electron chi connectivity index (χ1n) is 9.72. The topological polar surface area (TPSA) is 52.8 Å². The third-order valence-corrected chi connectivity index (χ3v) is 4.97. The van der Waals surface area contributed by atoms with E-state index in [1.165, 1.54) is 24.2 Å². The number of pyridine rings is 1. The minimum atomic E-state index is -4.50. The standard InChI is InChI=1S/C24H20F3N4.ClH/c1-23(2,3)16-7-9-17(10-8-16)31-22-18-11-6-15(13-20(18)29-14-30-22)21-19(24(25,26)27)5-4-12-28-21;/h4-14H,1-3H3;1H/q-1;. The lowest BCUT2D eigenvalue weighted by Gasteiger charge is -2.21. The van der Waals surface area contributed by atoms with Gasteiger partial charge in [-0.2, -0.15) is 13.2 Å². The van der Waals surface area contributed by atoms with Crippen LogP contribution in [0.4, 0.5) is 24.7 Å². The first-order chi connectivity index (χ1) is 14.6. The first kappa shape index (κ1) is 23.5. The second kappa shape index (κ2) is 8.74. The third kappa shape index (κ3) is 4.83. The Morgan fingerprint density at radius 1 is 0.844 bits per heavy atom. The zero-order valence-electron chi connectivity index (χ0n) is 17.7. The second-order valence-electron chi connectivity index (χ2n) is 8.24. The maximum Gasteiger partial charge on any atom is 0.418 e. The first-order valence-corrected chi connectivity index (χ1v) is 9.72. The number of aromatic nitrogens is 3. The van der Waals surface area contributed by atoms with Gasteiger partial charge in [0.25, 0.3) is 0 Å². The third-order valence-electron chi connectivity index (χ3n) is 4.97. The molecule has 166 valence electrons. The summed E-state index contributed by atoms with van der Waals surface area (Å²) in [5.74, 6) is 0.456. The molecule has 0 aliphatic heterocycles. The maximum atomic E-state index is 13.4. The summed E-state index contributed by atoms with van der Waals surface area (Å²) in [6.07, 6.45) is -1.79. The molecule has 0 saturated heterocycles. The van der Waals surface area contributed by atoms with E-state index in [0.717, 1.165) is 11.8 Å². The molecule has 0 atom stereocenters. The fraction of sp³-hybridized carbons (Fsp3) is 0.208. The van der Waals surface area contributed by atoms with Crippen LogP contribution in [0.25, 0.3) is 27.5 Å². The molecule has 8 heteroatoms. The lowest BCUT2D eigenvalue weighted by molar-refractivity contribution is -0.137. The van der Waals surface area contributed by atoms with E-state index in [4.69, 9.17) is 0 Å². The molecule has 2 aromatic heterocycles. The van der Waals surface area contributed by atoms with Crippen LogP contribution in [0.15, 0.2) is 67.1 Å². The van der Waals surface area contributed by atoms with Crippen molar-refractivity contribution < 1.29 is 13.2 Å². The molecule has 0 radical (unpaired) electrons. The largest absolute Gasteiger partial charge is 0.436 e. The predicted octanol–water partition coefficient (Wildman–Crippen LogP) is 7.77. The van der Waals surface area contributed by atoms with Crippen LogP contribution in [0.3, 0.4) is 0 Å². The zero-order valence-corrected chi connectivity index (χ0v) is 18.5. The summed E-state index contributed by atoms with van der Waals surface area (Å²) in [6, 6.07) is 15.0. The summed E-state index contributed by atoms with van der Waals surface area (Å²) in [6.45, 7) is 6.42. The van der Waals surface area contributed by atoms with Crippen LogP contribution in [0, 0.1) is 0 Å². The van der Waals surface area contributed by atoms with Gasteiger partial charge in [-0.05, 0) is 46.1 Å². The van der Waals surface area contributed by atoms with Gasteiger partial charge in [0.1, 0.15) is 0 Å². The molecule has 4 rings (SSSR count). The van der Waals surface area contributed by atoms with Gasteiger partial charge in [-0.15, -0.1) is 12.4 Å². The maximum absolute atomic E-state index is 13.4. The van der Waals surface area contributed by atoms with Crippen molar-refractivity contribution >= 4 is 34.8 Å². The monoisotopic (exact) mass is 457 g/mol. The molecule has 0 amide bonds. The molecule has 0 N–H and O–H groups in total. The van der Waals surface area contributed by atoms with Crippen molar-refractivity contribution in [3.8, 4) is 11.3 Å². The van der Waals surface area contributed by atoms with Crippen LogP contribution in [0.1, 0.15) is 31.9 Å². The van der Waals surface area contributed by atoms with Gasteiger partial charge in [0.15, 0.2) is 0 Å². The van der Waals surface area contributed by atoms with Gasteiger partial charge in [0, 0.05) is 18.1 Å². The van der Waals surface area contributed by atoms with Gasteiger partial charge in [-0.1, -0.05) is 57.2 Å². The summed E-state index contributed by atoms with van der Waals surface area (Å²) in [4.78, 5) is 12.4. The van der Waals surface area contributed by atoms with Gasteiger partial charge in [0.05, 0.1) is 16.8 Å². The number of rotatable bonds is 3. The Morgan fingerprint density at radius 2 is 1.56 bits per heavy atom. The second-order valence-corrected chi connectivity index (χ2v) is 8.24. The highest BCUT2D eigenvalue weighted by molar-refractivity contribution is 5.94. The summed E-state index contributed by atoms with van der Waals surface area (Å²) in [5, 5.41) is 5.25. The Kier molecular flexibility index (Phi) is 6.41. The molecule has 2 aromatic carbocycles. The molecule has 4 aromatic rings. The zero-order chi connectivity index (χ0) is 22.2. The van der Waals surface area contributed by atoms with Crippen LogP contribution >= 0.6 is 12.4 Å². The van der Waals surface area contributed by atoms with Gasteiger partial charge in [-0.3, -0.25) is 9.97 Å². The van der Waals surface area contributed by atoms with Crippen LogP contribution < -0.4 is 0 Å². The quantitative estimate of drug-likeness (QED) is 0.315. The lowest BCUT2D eigenvalue weighted by Crippen LogP contribution is -2.10. The smallest absolute Gasteiger partial charge is 0.418 e. The molecule has 0 spiro atoms. The van der Waals surface area contributed by atoms with Crippen molar-refractivity contribution in [2.75, 3.05) is 0 Å². The van der Waals surface area contributed by atoms with Crippen LogP contribution in [-0.2, 0) is 11.6 Å². The van der Waals surface area contributed by atoms with E-state index in [0.29, 0.717) is 22.3 Å². The van der Waals surface area contributed by atoms with E-state index in [-0.39, 0.29) is 23.5 Å². The molecule has 4 nitrogen and oxygen atoms in total. The molecule has 2 heterocycles. The molecule has 0 unspecified atom stereocenters. The summed E-state index contributed by atoms with van der Waals surface area (Å²) < 4.78 is 40.1. The van der Waals surface area contributed by atoms with Crippen molar-refractivity contribution in [3.05, 3.63) is 83.6 Å². The van der Waals surface area contributed by atoms with Crippen LogP contribution in [0.2, 0.25) is 0 Å². The molecule has 0 bridgehead atoms. The predicted molar refractivity (Wildman–Crippen MR) is 123 cm³/mol. The van der Waals surface area contributed by atoms with Crippen molar-refractivity contribution in [1.82, 2.24) is 15.0 Å². The van der Waals surface area contributed by atoms with Crippen molar-refractivity contribution in [3.63, 3.8) is 0 Å². The molecule has 0 aliphatic rings. The number of halogens is 4. The van der Waals surface area contributed by atoms with E-state index >= 15 is 0 Å². The van der Waals surface area contributed by atoms with Crippen molar-refractivity contribution in [2.45, 2.75) is 32.4 Å². The SMILES string of the molecule is CC(C)(C)c1ccc([N-]c2ncnc3cc(-c4ncccc4C(F)(F)F)ccc23)cc1.Cl. The molecule has 0 aliphatic carbocycles. The van der Waals surface area contributed by atoms with Gasteiger partial charge in [0.2, 0.25) is 0 Å². The molecular formula is C24H21ClF3N4-. The number of hydrogen-bond donors (Lipinski definition) is 0. The van der Waals surface area contributed by atoms with E-state index < -0.39 is 11.7 Å².